The molecule has 0 N–H and O–H groups in total. The van der Waals surface area contributed by atoms with Gasteiger partial charge in [0.2, 0.25) is 0 Å². The van der Waals surface area contributed by atoms with E-state index in [4.69, 9.17) is 13.6 Å². The molecular formula is C20H18O3. The van der Waals surface area contributed by atoms with Gasteiger partial charge in [-0.25, -0.2) is 0 Å². The van der Waals surface area contributed by atoms with Gasteiger partial charge in [0.05, 0.1) is 31.7 Å². The number of hydrogen-bond donors (Lipinski definition) is 0. The molecule has 2 aromatic heterocycles. The van der Waals surface area contributed by atoms with Crippen LogP contribution in [0.25, 0.3) is 6.08 Å². The highest BCUT2D eigenvalue weighted by Gasteiger charge is 2.34. The minimum Gasteiger partial charge on any atom is -0.469 e. The zero-order chi connectivity index (χ0) is 15.5. The van der Waals surface area contributed by atoms with E-state index < -0.39 is 0 Å². The van der Waals surface area contributed by atoms with Crippen LogP contribution in [-0.4, -0.2) is 13.2 Å². The molecule has 1 aliphatic heterocycles. The first-order valence-electron chi connectivity index (χ1n) is 7.82. The minimum atomic E-state index is 0.148. The molecule has 1 aromatic carbocycles. The van der Waals surface area contributed by atoms with Crippen molar-refractivity contribution in [2.24, 2.45) is 5.92 Å². The van der Waals surface area contributed by atoms with Gasteiger partial charge >= 0.3 is 0 Å². The zero-order valence-electron chi connectivity index (χ0n) is 12.7. The van der Waals surface area contributed by atoms with Crippen LogP contribution in [0.2, 0.25) is 0 Å². The van der Waals surface area contributed by atoms with Crippen LogP contribution in [-0.2, 0) is 4.74 Å². The Morgan fingerprint density at radius 3 is 2.48 bits per heavy atom. The maximum atomic E-state index is 5.77. The quantitative estimate of drug-likeness (QED) is 0.698. The second-order valence-electron chi connectivity index (χ2n) is 5.76. The Balaban J connectivity index is 1.74. The molecule has 0 unspecified atom stereocenters. The molecule has 0 spiro atoms. The summed E-state index contributed by atoms with van der Waals surface area (Å²) in [6.45, 7) is 1.32. The predicted octanol–water partition coefficient (Wildman–Crippen LogP) is 4.73. The molecule has 2 atom stereocenters. The average molecular weight is 306 g/mol. The van der Waals surface area contributed by atoms with E-state index in [1.807, 2.05) is 30.3 Å². The number of ether oxygens (including phenoxy) is 1. The van der Waals surface area contributed by atoms with Crippen molar-refractivity contribution >= 4 is 6.08 Å². The number of benzene rings is 1. The van der Waals surface area contributed by atoms with Crippen molar-refractivity contribution in [1.82, 2.24) is 0 Å². The van der Waals surface area contributed by atoms with Crippen molar-refractivity contribution in [3.05, 3.63) is 89.8 Å². The van der Waals surface area contributed by atoms with Gasteiger partial charge < -0.3 is 13.6 Å². The molecule has 0 radical (unpaired) electrons. The molecule has 0 bridgehead atoms. The molecule has 3 nitrogen and oxygen atoms in total. The summed E-state index contributed by atoms with van der Waals surface area (Å²) >= 11 is 0. The van der Waals surface area contributed by atoms with E-state index in [1.54, 1.807) is 12.5 Å². The van der Waals surface area contributed by atoms with E-state index in [1.165, 1.54) is 11.1 Å². The van der Waals surface area contributed by atoms with Crippen LogP contribution in [0.4, 0.5) is 0 Å². The van der Waals surface area contributed by atoms with Gasteiger partial charge in [-0.05, 0) is 41.5 Å². The summed E-state index contributed by atoms with van der Waals surface area (Å²) in [5.41, 5.74) is 2.48. The number of rotatable bonds is 4. The van der Waals surface area contributed by atoms with Gasteiger partial charge in [0.25, 0.3) is 0 Å². The van der Waals surface area contributed by atoms with Crippen molar-refractivity contribution in [2.45, 2.75) is 5.92 Å². The van der Waals surface area contributed by atoms with Crippen LogP contribution in [0.1, 0.15) is 23.0 Å². The third-order valence-electron chi connectivity index (χ3n) is 4.32. The summed E-state index contributed by atoms with van der Waals surface area (Å²) in [5.74, 6) is 2.22. The fourth-order valence-corrected chi connectivity index (χ4v) is 3.26. The van der Waals surface area contributed by atoms with Crippen LogP contribution >= 0.6 is 0 Å². The second-order valence-corrected chi connectivity index (χ2v) is 5.76. The Hall–Kier alpha value is -2.52. The van der Waals surface area contributed by atoms with Crippen LogP contribution in [0.15, 0.2) is 81.5 Å². The molecule has 4 rings (SSSR count). The highest BCUT2D eigenvalue weighted by molar-refractivity contribution is 5.50. The van der Waals surface area contributed by atoms with E-state index in [2.05, 4.69) is 30.3 Å². The molecule has 0 saturated carbocycles. The molecule has 3 heteroatoms. The van der Waals surface area contributed by atoms with E-state index >= 15 is 0 Å². The van der Waals surface area contributed by atoms with Crippen LogP contribution in [0.3, 0.4) is 0 Å². The Labute approximate surface area is 135 Å². The van der Waals surface area contributed by atoms with Crippen molar-refractivity contribution in [3.8, 4) is 0 Å². The third kappa shape index (κ3) is 2.88. The monoisotopic (exact) mass is 306 g/mol. The highest BCUT2D eigenvalue weighted by Crippen LogP contribution is 2.40. The molecule has 1 saturated heterocycles. The van der Waals surface area contributed by atoms with E-state index in [0.29, 0.717) is 13.2 Å². The predicted molar refractivity (Wildman–Crippen MR) is 88.0 cm³/mol. The van der Waals surface area contributed by atoms with E-state index in [-0.39, 0.29) is 11.8 Å². The molecule has 23 heavy (non-hydrogen) atoms. The van der Waals surface area contributed by atoms with Gasteiger partial charge in [-0.3, -0.25) is 0 Å². The minimum absolute atomic E-state index is 0.148. The smallest absolute Gasteiger partial charge is 0.126 e. The van der Waals surface area contributed by atoms with Crippen LogP contribution in [0, 0.1) is 5.92 Å². The van der Waals surface area contributed by atoms with Gasteiger partial charge in [-0.2, -0.15) is 0 Å². The largest absolute Gasteiger partial charge is 0.469 e. The summed E-state index contributed by atoms with van der Waals surface area (Å²) in [6.07, 6.45) is 5.52. The van der Waals surface area contributed by atoms with Crippen molar-refractivity contribution < 1.29 is 13.6 Å². The second kappa shape index (κ2) is 6.31. The summed E-state index contributed by atoms with van der Waals surface area (Å²) in [5, 5.41) is 0. The number of hydrogen-bond acceptors (Lipinski definition) is 3. The first-order valence-corrected chi connectivity index (χ1v) is 7.82. The SMILES string of the molecule is C(=C1\COC[C@@H]1[C@@H](c1ccccc1)c1ccco1)/c1ccco1. The Bertz CT molecular complexity index is 755. The Morgan fingerprint density at radius 1 is 0.913 bits per heavy atom. The fraction of sp³-hybridized carbons (Fsp3) is 0.200. The summed E-state index contributed by atoms with van der Waals surface area (Å²) in [4.78, 5) is 0. The molecule has 3 heterocycles. The lowest BCUT2D eigenvalue weighted by Gasteiger charge is -2.22. The zero-order valence-corrected chi connectivity index (χ0v) is 12.7. The average Bonchev–Trinajstić information content (AvgIpc) is 3.33. The molecule has 1 aliphatic rings. The summed E-state index contributed by atoms with van der Waals surface area (Å²) in [7, 11) is 0. The van der Waals surface area contributed by atoms with Crippen LogP contribution in [0.5, 0.6) is 0 Å². The lowest BCUT2D eigenvalue weighted by Crippen LogP contribution is -2.16. The molecule has 0 amide bonds. The Morgan fingerprint density at radius 2 is 1.74 bits per heavy atom. The lowest BCUT2D eigenvalue weighted by molar-refractivity contribution is 0.182. The normalized spacial score (nSPS) is 20.9. The van der Waals surface area contributed by atoms with Crippen LogP contribution < -0.4 is 0 Å². The van der Waals surface area contributed by atoms with Crippen molar-refractivity contribution in [2.75, 3.05) is 13.2 Å². The fourth-order valence-electron chi connectivity index (χ4n) is 3.26. The standard InChI is InChI=1S/C20H18O3/c1-2-6-15(7-3-1)20(19-9-5-11-23-19)18-14-21-13-16(18)12-17-8-4-10-22-17/h1-12,18,20H,13-14H2/b16-12-/t18-,20+/m0/s1. The molecular weight excluding hydrogens is 288 g/mol. The van der Waals surface area contributed by atoms with Gasteiger partial charge in [0.15, 0.2) is 0 Å². The molecule has 116 valence electrons. The van der Waals surface area contributed by atoms with E-state index in [9.17, 15) is 0 Å². The summed E-state index contributed by atoms with van der Waals surface area (Å²) in [6, 6.07) is 18.3. The molecule has 0 aliphatic carbocycles. The van der Waals surface area contributed by atoms with Gasteiger partial charge in [-0.15, -0.1) is 0 Å². The lowest BCUT2D eigenvalue weighted by atomic mass is 9.81. The first kappa shape index (κ1) is 14.1. The Kier molecular flexibility index (Phi) is 3.86. The topological polar surface area (TPSA) is 35.5 Å². The maximum absolute atomic E-state index is 5.77. The van der Waals surface area contributed by atoms with Gasteiger partial charge in [0, 0.05) is 5.92 Å². The van der Waals surface area contributed by atoms with Gasteiger partial charge in [0.1, 0.15) is 11.5 Å². The first-order chi connectivity index (χ1) is 11.4. The van der Waals surface area contributed by atoms with Gasteiger partial charge in [-0.1, -0.05) is 30.3 Å². The highest BCUT2D eigenvalue weighted by atomic mass is 16.5. The van der Waals surface area contributed by atoms with Crippen molar-refractivity contribution in [3.63, 3.8) is 0 Å². The van der Waals surface area contributed by atoms with E-state index in [0.717, 1.165) is 11.5 Å². The molecule has 1 fully saturated rings. The maximum Gasteiger partial charge on any atom is 0.126 e. The summed E-state index contributed by atoms with van der Waals surface area (Å²) < 4.78 is 17.0. The molecule has 3 aromatic rings. The number of furan rings is 2. The third-order valence-corrected chi connectivity index (χ3v) is 4.32. The van der Waals surface area contributed by atoms with Crippen molar-refractivity contribution in [1.29, 1.82) is 0 Å².